The van der Waals surface area contributed by atoms with Crippen LogP contribution in [0.5, 0.6) is 11.5 Å². The summed E-state index contributed by atoms with van der Waals surface area (Å²) >= 11 is 0. The molecule has 0 spiro atoms. The molecule has 0 amide bonds. The number of hydrogen-bond acceptors (Lipinski definition) is 3. The number of aryl methyl sites for hydroxylation is 1. The van der Waals surface area contributed by atoms with Crippen LogP contribution in [0.25, 0.3) is 0 Å². The minimum Gasteiger partial charge on any atom is -0.496 e. The average Bonchev–Trinajstić information content (AvgIpc) is 2.41. The number of rotatable bonds is 5. The molecule has 0 saturated heterocycles. The van der Waals surface area contributed by atoms with Crippen molar-refractivity contribution in [2.24, 2.45) is 0 Å². The molecule has 0 fully saturated rings. The van der Waals surface area contributed by atoms with Gasteiger partial charge in [0.15, 0.2) is 0 Å². The quantitative estimate of drug-likeness (QED) is 0.836. The van der Waals surface area contributed by atoms with Crippen LogP contribution in [0.15, 0.2) is 42.5 Å². The normalized spacial score (nSPS) is 10.2. The van der Waals surface area contributed by atoms with Crippen molar-refractivity contribution in [3.8, 4) is 11.5 Å². The van der Waals surface area contributed by atoms with E-state index in [0.29, 0.717) is 12.3 Å². The predicted molar refractivity (Wildman–Crippen MR) is 77.8 cm³/mol. The van der Waals surface area contributed by atoms with Crippen molar-refractivity contribution in [1.82, 2.24) is 0 Å². The van der Waals surface area contributed by atoms with Crippen LogP contribution in [0.1, 0.15) is 11.1 Å². The van der Waals surface area contributed by atoms with E-state index in [4.69, 9.17) is 15.2 Å². The molecule has 0 aliphatic heterocycles. The van der Waals surface area contributed by atoms with Crippen LogP contribution >= 0.6 is 0 Å². The van der Waals surface area contributed by atoms with E-state index in [0.717, 1.165) is 23.5 Å². The Morgan fingerprint density at radius 2 is 1.84 bits per heavy atom. The lowest BCUT2D eigenvalue weighted by Gasteiger charge is -2.11. The molecule has 0 unspecified atom stereocenters. The van der Waals surface area contributed by atoms with Crippen LogP contribution in [0.3, 0.4) is 0 Å². The van der Waals surface area contributed by atoms with Gasteiger partial charge >= 0.3 is 0 Å². The highest BCUT2D eigenvalue weighted by Crippen LogP contribution is 2.22. The molecule has 2 rings (SSSR count). The van der Waals surface area contributed by atoms with E-state index < -0.39 is 0 Å². The Morgan fingerprint density at radius 3 is 2.58 bits per heavy atom. The first-order valence-corrected chi connectivity index (χ1v) is 6.31. The first kappa shape index (κ1) is 13.3. The highest BCUT2D eigenvalue weighted by molar-refractivity contribution is 5.51. The summed E-state index contributed by atoms with van der Waals surface area (Å²) < 4.78 is 11.0. The molecule has 0 aliphatic rings. The molecular formula is C16H19NO2. The number of benzene rings is 2. The van der Waals surface area contributed by atoms with Gasteiger partial charge in [-0.2, -0.15) is 0 Å². The molecule has 0 aliphatic carbocycles. The summed E-state index contributed by atoms with van der Waals surface area (Å²) in [6, 6.07) is 13.7. The lowest BCUT2D eigenvalue weighted by Crippen LogP contribution is -2.04. The molecule has 0 atom stereocenters. The molecule has 0 heterocycles. The van der Waals surface area contributed by atoms with E-state index in [2.05, 4.69) is 13.0 Å². The predicted octanol–water partition coefficient (Wildman–Crippen LogP) is 3.21. The van der Waals surface area contributed by atoms with Gasteiger partial charge in [0.2, 0.25) is 0 Å². The molecule has 3 nitrogen and oxygen atoms in total. The largest absolute Gasteiger partial charge is 0.496 e. The van der Waals surface area contributed by atoms with Gasteiger partial charge in [-0.3, -0.25) is 0 Å². The maximum absolute atomic E-state index is 5.83. The van der Waals surface area contributed by atoms with Crippen molar-refractivity contribution in [2.45, 2.75) is 13.3 Å². The van der Waals surface area contributed by atoms with Gasteiger partial charge in [0.1, 0.15) is 11.5 Å². The fourth-order valence-electron chi connectivity index (χ4n) is 1.99. The van der Waals surface area contributed by atoms with Crippen LogP contribution < -0.4 is 15.2 Å². The molecule has 100 valence electrons. The summed E-state index contributed by atoms with van der Waals surface area (Å²) in [7, 11) is 1.68. The molecule has 0 radical (unpaired) electrons. The number of methoxy groups -OCH3 is 1. The Hall–Kier alpha value is -2.16. The van der Waals surface area contributed by atoms with E-state index in [9.17, 15) is 0 Å². The summed E-state index contributed by atoms with van der Waals surface area (Å²) in [6.45, 7) is 2.65. The van der Waals surface area contributed by atoms with Gasteiger partial charge in [0.25, 0.3) is 0 Å². The number of anilines is 1. The standard InChI is InChI=1S/C16H19NO2/c1-12-7-8-15(18-2)13(11-12)9-10-19-16-6-4-3-5-14(16)17/h3-8,11H,9-10,17H2,1-2H3. The third-order valence-electron chi connectivity index (χ3n) is 2.98. The highest BCUT2D eigenvalue weighted by Gasteiger charge is 2.04. The monoisotopic (exact) mass is 257 g/mol. The van der Waals surface area contributed by atoms with Gasteiger partial charge in [-0.25, -0.2) is 0 Å². The second kappa shape index (κ2) is 6.14. The van der Waals surface area contributed by atoms with Crippen LogP contribution in [0.2, 0.25) is 0 Å². The molecule has 2 aromatic rings. The Bertz CT molecular complexity index is 552. The molecular weight excluding hydrogens is 238 g/mol. The van der Waals surface area contributed by atoms with Crippen LogP contribution in [-0.4, -0.2) is 13.7 Å². The van der Waals surface area contributed by atoms with Crippen molar-refractivity contribution < 1.29 is 9.47 Å². The second-order valence-corrected chi connectivity index (χ2v) is 4.45. The van der Waals surface area contributed by atoms with Crippen molar-refractivity contribution in [1.29, 1.82) is 0 Å². The van der Waals surface area contributed by atoms with Gasteiger partial charge in [-0.05, 0) is 30.7 Å². The maximum atomic E-state index is 5.83. The van der Waals surface area contributed by atoms with Crippen molar-refractivity contribution in [3.05, 3.63) is 53.6 Å². The summed E-state index contributed by atoms with van der Waals surface area (Å²) in [5, 5.41) is 0. The van der Waals surface area contributed by atoms with Gasteiger partial charge in [0.05, 0.1) is 19.4 Å². The van der Waals surface area contributed by atoms with Crippen molar-refractivity contribution >= 4 is 5.69 Å². The van der Waals surface area contributed by atoms with Crippen molar-refractivity contribution in [2.75, 3.05) is 19.5 Å². The third kappa shape index (κ3) is 3.41. The minimum absolute atomic E-state index is 0.577. The highest BCUT2D eigenvalue weighted by atomic mass is 16.5. The molecule has 0 saturated carbocycles. The SMILES string of the molecule is COc1ccc(C)cc1CCOc1ccccc1N. The molecule has 19 heavy (non-hydrogen) atoms. The fraction of sp³-hybridized carbons (Fsp3) is 0.250. The number of para-hydroxylation sites is 2. The average molecular weight is 257 g/mol. The first-order chi connectivity index (χ1) is 9.20. The van der Waals surface area contributed by atoms with E-state index in [-0.39, 0.29) is 0 Å². The van der Waals surface area contributed by atoms with Gasteiger partial charge in [-0.15, -0.1) is 0 Å². The van der Waals surface area contributed by atoms with Crippen molar-refractivity contribution in [3.63, 3.8) is 0 Å². The van der Waals surface area contributed by atoms with E-state index in [1.54, 1.807) is 7.11 Å². The molecule has 2 N–H and O–H groups in total. The number of nitrogens with two attached hydrogens (primary N) is 1. The first-order valence-electron chi connectivity index (χ1n) is 6.31. The molecule has 3 heteroatoms. The summed E-state index contributed by atoms with van der Waals surface area (Å²) in [5.41, 5.74) is 8.86. The zero-order valence-corrected chi connectivity index (χ0v) is 11.3. The Balaban J connectivity index is 2.00. The Kier molecular flexibility index (Phi) is 4.29. The van der Waals surface area contributed by atoms with Gasteiger partial charge in [0, 0.05) is 6.42 Å². The maximum Gasteiger partial charge on any atom is 0.142 e. The lowest BCUT2D eigenvalue weighted by atomic mass is 10.1. The summed E-state index contributed by atoms with van der Waals surface area (Å²) in [4.78, 5) is 0. The van der Waals surface area contributed by atoms with Crippen LogP contribution in [0, 0.1) is 6.92 Å². The topological polar surface area (TPSA) is 44.5 Å². The number of hydrogen-bond donors (Lipinski definition) is 1. The number of ether oxygens (including phenoxy) is 2. The van der Waals surface area contributed by atoms with E-state index in [1.165, 1.54) is 5.56 Å². The van der Waals surface area contributed by atoms with Gasteiger partial charge < -0.3 is 15.2 Å². The van der Waals surface area contributed by atoms with Gasteiger partial charge in [-0.1, -0.05) is 29.8 Å². The third-order valence-corrected chi connectivity index (χ3v) is 2.98. The number of nitrogen functional groups attached to an aromatic ring is 1. The van der Waals surface area contributed by atoms with E-state index >= 15 is 0 Å². The zero-order valence-electron chi connectivity index (χ0n) is 11.3. The Labute approximate surface area is 114 Å². The summed E-state index contributed by atoms with van der Waals surface area (Å²) in [5.74, 6) is 1.63. The minimum atomic E-state index is 0.577. The molecule has 2 aromatic carbocycles. The van der Waals surface area contributed by atoms with Crippen LogP contribution in [0.4, 0.5) is 5.69 Å². The van der Waals surface area contributed by atoms with E-state index in [1.807, 2.05) is 36.4 Å². The molecule has 0 bridgehead atoms. The lowest BCUT2D eigenvalue weighted by molar-refractivity contribution is 0.320. The molecule has 0 aromatic heterocycles. The van der Waals surface area contributed by atoms with Crippen LogP contribution in [-0.2, 0) is 6.42 Å². The summed E-state index contributed by atoms with van der Waals surface area (Å²) in [6.07, 6.45) is 0.791. The fourth-order valence-corrected chi connectivity index (χ4v) is 1.99. The second-order valence-electron chi connectivity index (χ2n) is 4.45. The zero-order chi connectivity index (χ0) is 13.7. The Morgan fingerprint density at radius 1 is 1.05 bits per heavy atom. The smallest absolute Gasteiger partial charge is 0.142 e.